The number of anilines is 1. The molecule has 1 saturated heterocycles. The molecule has 1 saturated carbocycles. The summed E-state index contributed by atoms with van der Waals surface area (Å²) in [5.41, 5.74) is 0.546. The largest absolute Gasteiger partial charge is 0.495 e. The molecule has 1 amide bonds. The van der Waals surface area contributed by atoms with Crippen molar-refractivity contribution in [2.24, 2.45) is 0 Å². The van der Waals surface area contributed by atoms with E-state index >= 15 is 0 Å². The Bertz CT molecular complexity index is 1230. The van der Waals surface area contributed by atoms with E-state index < -0.39 is 11.2 Å². The van der Waals surface area contributed by atoms with Crippen LogP contribution in [0.4, 0.5) is 5.69 Å². The molecule has 3 heterocycles. The fourth-order valence-corrected chi connectivity index (χ4v) is 4.72. The third-order valence-electron chi connectivity index (χ3n) is 5.66. The number of para-hydroxylation sites is 2. The molecule has 10 heteroatoms. The third kappa shape index (κ3) is 3.07. The standard InChI is InChI=1S/C20H21N5O4S/c1-29-14-5-3-2-4-13(14)23-8-10-24(11-9-23)19(27)17-15-16(22-30-17)18(26)25(12-6-7-12)20(28)21-15/h2-5,12H,6-11H2,1H3,(H,21,28). The van der Waals surface area contributed by atoms with Gasteiger partial charge in [0.05, 0.1) is 18.3 Å². The lowest BCUT2D eigenvalue weighted by Crippen LogP contribution is -2.48. The van der Waals surface area contributed by atoms with E-state index in [0.29, 0.717) is 31.1 Å². The van der Waals surface area contributed by atoms with Crippen molar-refractivity contribution >= 4 is 34.2 Å². The summed E-state index contributed by atoms with van der Waals surface area (Å²) in [4.78, 5) is 45.1. The Balaban J connectivity index is 1.38. The molecule has 9 nitrogen and oxygen atoms in total. The summed E-state index contributed by atoms with van der Waals surface area (Å²) in [6, 6.07) is 7.76. The summed E-state index contributed by atoms with van der Waals surface area (Å²) >= 11 is 0.973. The number of carbonyl (C=O) groups excluding carboxylic acids is 1. The number of amides is 1. The van der Waals surface area contributed by atoms with Crippen molar-refractivity contribution in [1.82, 2.24) is 18.8 Å². The van der Waals surface area contributed by atoms with E-state index in [4.69, 9.17) is 4.74 Å². The number of fused-ring (bicyclic) bond motifs is 1. The number of ether oxygens (including phenoxy) is 1. The van der Waals surface area contributed by atoms with Gasteiger partial charge in [-0.2, -0.15) is 4.37 Å². The van der Waals surface area contributed by atoms with Crippen molar-refractivity contribution in [3.05, 3.63) is 50.0 Å². The Hall–Kier alpha value is -3.14. The molecule has 1 aromatic carbocycles. The van der Waals surface area contributed by atoms with E-state index in [9.17, 15) is 14.4 Å². The van der Waals surface area contributed by atoms with E-state index in [1.165, 1.54) is 4.57 Å². The van der Waals surface area contributed by atoms with Crippen LogP contribution in [0, 0.1) is 0 Å². The molecule has 1 aliphatic heterocycles. The molecule has 2 aromatic heterocycles. The molecule has 0 spiro atoms. The zero-order chi connectivity index (χ0) is 20.8. The zero-order valence-corrected chi connectivity index (χ0v) is 17.3. The summed E-state index contributed by atoms with van der Waals surface area (Å²) in [5.74, 6) is 0.594. The first-order valence-corrected chi connectivity index (χ1v) is 10.7. The number of piperazine rings is 1. The molecule has 0 unspecified atom stereocenters. The van der Waals surface area contributed by atoms with Crippen LogP contribution in [0.2, 0.25) is 0 Å². The average molecular weight is 427 g/mol. The van der Waals surface area contributed by atoms with E-state index in [1.807, 2.05) is 24.3 Å². The molecule has 3 aromatic rings. The highest BCUT2D eigenvalue weighted by Crippen LogP contribution is 2.33. The van der Waals surface area contributed by atoms with E-state index in [-0.39, 0.29) is 23.0 Å². The number of rotatable bonds is 4. The molecule has 0 atom stereocenters. The van der Waals surface area contributed by atoms with Crippen molar-refractivity contribution in [2.75, 3.05) is 38.2 Å². The first-order chi connectivity index (χ1) is 14.6. The summed E-state index contributed by atoms with van der Waals surface area (Å²) in [6.07, 6.45) is 1.64. The number of nitrogens with zero attached hydrogens (tertiary/aromatic N) is 4. The Morgan fingerprint density at radius 1 is 1.17 bits per heavy atom. The summed E-state index contributed by atoms with van der Waals surface area (Å²) < 4.78 is 10.9. The van der Waals surface area contributed by atoms with E-state index in [2.05, 4.69) is 14.3 Å². The maximum atomic E-state index is 13.1. The fourth-order valence-electron chi connectivity index (χ4n) is 3.92. The first kappa shape index (κ1) is 18.9. The van der Waals surface area contributed by atoms with Gasteiger partial charge in [0.2, 0.25) is 0 Å². The second-order valence-corrected chi connectivity index (χ2v) is 8.30. The van der Waals surface area contributed by atoms with Crippen LogP contribution in [-0.4, -0.2) is 58.0 Å². The van der Waals surface area contributed by atoms with Gasteiger partial charge in [0, 0.05) is 32.2 Å². The second kappa shape index (κ2) is 7.28. The number of hydrogen-bond acceptors (Lipinski definition) is 7. The molecule has 2 aliphatic rings. The molecule has 1 aliphatic carbocycles. The van der Waals surface area contributed by atoms with Crippen LogP contribution in [0.25, 0.3) is 11.0 Å². The van der Waals surface area contributed by atoms with Gasteiger partial charge in [0.25, 0.3) is 11.5 Å². The minimum absolute atomic E-state index is 0.0467. The third-order valence-corrected chi connectivity index (χ3v) is 6.50. The second-order valence-electron chi connectivity index (χ2n) is 7.52. The number of aromatic amines is 1. The van der Waals surface area contributed by atoms with Crippen LogP contribution >= 0.6 is 11.5 Å². The van der Waals surface area contributed by atoms with Crippen LogP contribution in [0.1, 0.15) is 28.6 Å². The highest BCUT2D eigenvalue weighted by atomic mass is 32.1. The number of nitrogens with one attached hydrogen (secondary N) is 1. The van der Waals surface area contributed by atoms with Gasteiger partial charge in [0.15, 0.2) is 5.52 Å². The van der Waals surface area contributed by atoms with Crippen molar-refractivity contribution in [1.29, 1.82) is 0 Å². The highest BCUT2D eigenvalue weighted by molar-refractivity contribution is 7.09. The van der Waals surface area contributed by atoms with E-state index in [0.717, 1.165) is 35.8 Å². The minimum Gasteiger partial charge on any atom is -0.495 e. The first-order valence-electron chi connectivity index (χ1n) is 9.90. The lowest BCUT2D eigenvalue weighted by molar-refractivity contribution is 0.0753. The van der Waals surface area contributed by atoms with Gasteiger partial charge in [-0.3, -0.25) is 14.2 Å². The Labute approximate surface area is 175 Å². The molecular formula is C20H21N5O4S. The zero-order valence-electron chi connectivity index (χ0n) is 16.5. The SMILES string of the molecule is COc1ccccc1N1CCN(C(=O)c2snc3c(=O)n(C4CC4)c(=O)[nH]c23)CC1. The van der Waals surface area contributed by atoms with Gasteiger partial charge >= 0.3 is 5.69 Å². The topological polar surface area (TPSA) is 101 Å². The molecule has 2 fully saturated rings. The number of hydrogen-bond donors (Lipinski definition) is 1. The van der Waals surface area contributed by atoms with Crippen LogP contribution in [0.3, 0.4) is 0 Å². The van der Waals surface area contributed by atoms with Gasteiger partial charge in [0.1, 0.15) is 10.6 Å². The Kier molecular flexibility index (Phi) is 4.58. The normalized spacial score (nSPS) is 16.8. The van der Waals surface area contributed by atoms with Crippen molar-refractivity contribution in [3.8, 4) is 5.75 Å². The smallest absolute Gasteiger partial charge is 0.329 e. The van der Waals surface area contributed by atoms with Gasteiger partial charge in [-0.15, -0.1) is 0 Å². The number of carbonyl (C=O) groups is 1. The maximum absolute atomic E-state index is 13.1. The van der Waals surface area contributed by atoms with Gasteiger partial charge in [-0.05, 0) is 36.5 Å². The number of benzene rings is 1. The highest BCUT2D eigenvalue weighted by Gasteiger charge is 2.31. The predicted molar refractivity (Wildman–Crippen MR) is 114 cm³/mol. The Morgan fingerprint density at radius 3 is 2.60 bits per heavy atom. The van der Waals surface area contributed by atoms with Gasteiger partial charge in [-0.1, -0.05) is 12.1 Å². The monoisotopic (exact) mass is 427 g/mol. The van der Waals surface area contributed by atoms with Crippen molar-refractivity contribution in [2.45, 2.75) is 18.9 Å². The number of aromatic nitrogens is 3. The lowest BCUT2D eigenvalue weighted by atomic mass is 10.2. The van der Waals surface area contributed by atoms with Gasteiger partial charge in [-0.25, -0.2) is 4.79 Å². The molecule has 156 valence electrons. The predicted octanol–water partition coefficient (Wildman–Crippen LogP) is 1.45. The maximum Gasteiger partial charge on any atom is 0.329 e. The summed E-state index contributed by atoms with van der Waals surface area (Å²) in [6.45, 7) is 2.38. The van der Waals surface area contributed by atoms with Crippen LogP contribution in [0.5, 0.6) is 5.75 Å². The average Bonchev–Trinajstić information content (AvgIpc) is 3.51. The summed E-state index contributed by atoms with van der Waals surface area (Å²) in [7, 11) is 1.64. The molecule has 0 bridgehead atoms. The molecular weight excluding hydrogens is 406 g/mol. The molecule has 0 radical (unpaired) electrons. The fraction of sp³-hybridized carbons (Fsp3) is 0.400. The van der Waals surface area contributed by atoms with Crippen molar-refractivity contribution < 1.29 is 9.53 Å². The molecule has 5 rings (SSSR count). The molecule has 30 heavy (non-hydrogen) atoms. The molecule has 1 N–H and O–H groups in total. The Morgan fingerprint density at radius 2 is 1.90 bits per heavy atom. The van der Waals surface area contributed by atoms with Crippen LogP contribution in [0.15, 0.2) is 33.9 Å². The van der Waals surface area contributed by atoms with Crippen LogP contribution in [-0.2, 0) is 0 Å². The van der Waals surface area contributed by atoms with Crippen LogP contribution < -0.4 is 20.9 Å². The number of H-pyrrole nitrogens is 1. The quantitative estimate of drug-likeness (QED) is 0.677. The van der Waals surface area contributed by atoms with E-state index in [1.54, 1.807) is 12.0 Å². The van der Waals surface area contributed by atoms with Crippen molar-refractivity contribution in [3.63, 3.8) is 0 Å². The minimum atomic E-state index is -0.467. The summed E-state index contributed by atoms with van der Waals surface area (Å²) in [5, 5.41) is 0. The number of methoxy groups -OCH3 is 1. The van der Waals surface area contributed by atoms with Gasteiger partial charge < -0.3 is 19.5 Å². The lowest BCUT2D eigenvalue weighted by Gasteiger charge is -2.36.